The molecule has 0 spiro atoms. The third-order valence-corrected chi connectivity index (χ3v) is 1.49. The van der Waals surface area contributed by atoms with Gasteiger partial charge in [0, 0.05) is 0 Å². The number of hydrogen-bond acceptors (Lipinski definition) is 4. The van der Waals surface area contributed by atoms with Crippen molar-refractivity contribution < 1.29 is 19.0 Å². The second-order valence-corrected chi connectivity index (χ2v) is 3.81. The maximum Gasteiger partial charge on any atom is 0.310 e. The van der Waals surface area contributed by atoms with Crippen molar-refractivity contribution in [3.05, 3.63) is 0 Å². The first kappa shape index (κ1) is 14.4. The quantitative estimate of drug-likeness (QED) is 0.485. The lowest BCUT2D eigenvalue weighted by Crippen LogP contribution is -2.28. The maximum atomic E-state index is 11.2. The molecule has 0 bridgehead atoms. The van der Waals surface area contributed by atoms with Crippen LogP contribution in [0.5, 0.6) is 0 Å². The van der Waals surface area contributed by atoms with Crippen molar-refractivity contribution in [1.82, 2.24) is 0 Å². The van der Waals surface area contributed by atoms with Gasteiger partial charge in [0.15, 0.2) is 6.29 Å². The molecule has 0 aromatic rings. The van der Waals surface area contributed by atoms with Crippen molar-refractivity contribution >= 4 is 5.97 Å². The average molecular weight is 218 g/mol. The van der Waals surface area contributed by atoms with Crippen LogP contribution in [0, 0.1) is 0 Å². The van der Waals surface area contributed by atoms with Crippen LogP contribution >= 0.6 is 0 Å². The van der Waals surface area contributed by atoms with Gasteiger partial charge in [-0.15, -0.1) is 0 Å². The lowest BCUT2D eigenvalue weighted by molar-refractivity contribution is -0.193. The fourth-order valence-electron chi connectivity index (χ4n) is 1.09. The van der Waals surface area contributed by atoms with Crippen LogP contribution in [0.25, 0.3) is 0 Å². The van der Waals surface area contributed by atoms with Gasteiger partial charge in [0.05, 0.1) is 25.2 Å². The smallest absolute Gasteiger partial charge is 0.310 e. The third kappa shape index (κ3) is 8.39. The molecule has 0 N–H and O–H groups in total. The average Bonchev–Trinajstić information content (AvgIpc) is 2.00. The highest BCUT2D eigenvalue weighted by molar-refractivity contribution is 5.69. The first-order valence-corrected chi connectivity index (χ1v) is 5.42. The van der Waals surface area contributed by atoms with E-state index in [1.807, 2.05) is 27.7 Å². The summed E-state index contributed by atoms with van der Waals surface area (Å²) in [4.78, 5) is 11.2. The molecule has 0 aromatic carbocycles. The minimum atomic E-state index is -0.510. The van der Waals surface area contributed by atoms with E-state index in [-0.39, 0.29) is 24.6 Å². The summed E-state index contributed by atoms with van der Waals surface area (Å²) in [5.41, 5.74) is 0. The van der Waals surface area contributed by atoms with Gasteiger partial charge in [0.2, 0.25) is 0 Å². The van der Waals surface area contributed by atoms with E-state index in [2.05, 4.69) is 0 Å². The highest BCUT2D eigenvalue weighted by Crippen LogP contribution is 2.08. The van der Waals surface area contributed by atoms with E-state index in [9.17, 15) is 4.79 Å². The monoisotopic (exact) mass is 218 g/mol. The van der Waals surface area contributed by atoms with Crippen LogP contribution in [0.15, 0.2) is 0 Å². The van der Waals surface area contributed by atoms with Gasteiger partial charge in [-0.2, -0.15) is 0 Å². The Labute approximate surface area is 91.9 Å². The molecular formula is C11H22O4. The minimum Gasteiger partial charge on any atom is -0.466 e. The Kier molecular flexibility index (Phi) is 7.34. The zero-order chi connectivity index (χ0) is 11.8. The first-order valence-electron chi connectivity index (χ1n) is 5.42. The maximum absolute atomic E-state index is 11.2. The van der Waals surface area contributed by atoms with Crippen molar-refractivity contribution in [3.63, 3.8) is 0 Å². The first-order chi connectivity index (χ1) is 6.95. The Morgan fingerprint density at radius 2 is 1.53 bits per heavy atom. The van der Waals surface area contributed by atoms with Crippen LogP contribution in [0.1, 0.15) is 41.0 Å². The Balaban J connectivity index is 4.05. The van der Waals surface area contributed by atoms with Crippen LogP contribution in [0.3, 0.4) is 0 Å². The van der Waals surface area contributed by atoms with Crippen molar-refractivity contribution in [2.75, 3.05) is 6.61 Å². The van der Waals surface area contributed by atoms with E-state index in [0.717, 1.165) is 0 Å². The molecule has 4 nitrogen and oxygen atoms in total. The molecule has 0 fully saturated rings. The lowest BCUT2D eigenvalue weighted by atomic mass is 10.4. The van der Waals surface area contributed by atoms with Gasteiger partial charge >= 0.3 is 5.97 Å². The second-order valence-electron chi connectivity index (χ2n) is 3.81. The Morgan fingerprint density at radius 3 is 1.87 bits per heavy atom. The van der Waals surface area contributed by atoms with Crippen LogP contribution in [0.2, 0.25) is 0 Å². The van der Waals surface area contributed by atoms with Gasteiger partial charge in [0.25, 0.3) is 0 Å². The lowest BCUT2D eigenvalue weighted by Gasteiger charge is -2.22. The van der Waals surface area contributed by atoms with E-state index in [4.69, 9.17) is 14.2 Å². The molecule has 0 aliphatic rings. The molecule has 0 radical (unpaired) electrons. The Bertz CT molecular complexity index is 167. The van der Waals surface area contributed by atoms with Crippen molar-refractivity contribution in [1.29, 1.82) is 0 Å². The molecule has 0 rings (SSSR count). The van der Waals surface area contributed by atoms with Crippen LogP contribution in [-0.2, 0) is 19.0 Å². The zero-order valence-corrected chi connectivity index (χ0v) is 10.3. The number of carbonyl (C=O) groups is 1. The molecule has 0 unspecified atom stereocenters. The molecule has 0 saturated heterocycles. The van der Waals surface area contributed by atoms with Crippen molar-refractivity contribution in [3.8, 4) is 0 Å². The van der Waals surface area contributed by atoms with Crippen molar-refractivity contribution in [2.45, 2.75) is 59.5 Å². The molecule has 15 heavy (non-hydrogen) atoms. The molecule has 0 amide bonds. The fourth-order valence-corrected chi connectivity index (χ4v) is 1.09. The largest absolute Gasteiger partial charge is 0.466 e. The van der Waals surface area contributed by atoms with E-state index in [0.29, 0.717) is 6.61 Å². The predicted octanol–water partition coefficient (Wildman–Crippen LogP) is 2.12. The summed E-state index contributed by atoms with van der Waals surface area (Å²) in [6.45, 7) is 9.78. The van der Waals surface area contributed by atoms with Gasteiger partial charge in [0.1, 0.15) is 0 Å². The molecule has 0 aromatic heterocycles. The fraction of sp³-hybridized carbons (Fsp3) is 0.909. The molecule has 0 heterocycles. The van der Waals surface area contributed by atoms with Gasteiger partial charge < -0.3 is 14.2 Å². The summed E-state index contributed by atoms with van der Waals surface area (Å²) in [6, 6.07) is 0. The van der Waals surface area contributed by atoms with E-state index in [1.165, 1.54) is 0 Å². The highest BCUT2D eigenvalue weighted by atomic mass is 16.7. The summed E-state index contributed by atoms with van der Waals surface area (Å²) in [5, 5.41) is 0. The van der Waals surface area contributed by atoms with Gasteiger partial charge in [-0.3, -0.25) is 4.79 Å². The summed E-state index contributed by atoms with van der Waals surface area (Å²) >= 11 is 0. The van der Waals surface area contributed by atoms with E-state index >= 15 is 0 Å². The highest BCUT2D eigenvalue weighted by Gasteiger charge is 2.18. The normalized spacial score (nSPS) is 11.5. The summed E-state index contributed by atoms with van der Waals surface area (Å²) in [6.07, 6.45) is -0.306. The number of ether oxygens (including phenoxy) is 3. The summed E-state index contributed by atoms with van der Waals surface area (Å²) < 4.78 is 15.7. The van der Waals surface area contributed by atoms with Gasteiger partial charge in [-0.25, -0.2) is 0 Å². The Hall–Kier alpha value is -0.610. The van der Waals surface area contributed by atoms with E-state index < -0.39 is 6.29 Å². The van der Waals surface area contributed by atoms with Gasteiger partial charge in [-0.05, 0) is 34.6 Å². The van der Waals surface area contributed by atoms with Crippen LogP contribution in [-0.4, -0.2) is 31.1 Å². The summed E-state index contributed by atoms with van der Waals surface area (Å²) in [7, 11) is 0. The topological polar surface area (TPSA) is 44.8 Å². The van der Waals surface area contributed by atoms with E-state index in [1.54, 1.807) is 6.92 Å². The molecule has 0 aliphatic heterocycles. The standard InChI is InChI=1S/C11H22O4/c1-6-13-10(12)7-11(14-8(2)3)15-9(4)5/h8-9,11H,6-7H2,1-5H3. The third-order valence-electron chi connectivity index (χ3n) is 1.49. The Morgan fingerprint density at radius 1 is 1.07 bits per heavy atom. The van der Waals surface area contributed by atoms with Gasteiger partial charge in [-0.1, -0.05) is 0 Å². The molecule has 0 atom stereocenters. The molecular weight excluding hydrogens is 196 g/mol. The minimum absolute atomic E-state index is 0.0307. The number of rotatable bonds is 7. The molecule has 0 aliphatic carbocycles. The second kappa shape index (κ2) is 7.65. The van der Waals surface area contributed by atoms with Crippen LogP contribution in [0.4, 0.5) is 0 Å². The predicted molar refractivity (Wildman–Crippen MR) is 57.5 cm³/mol. The number of carbonyl (C=O) groups excluding carboxylic acids is 1. The number of esters is 1. The summed E-state index contributed by atoms with van der Waals surface area (Å²) in [5.74, 6) is -0.288. The zero-order valence-electron chi connectivity index (χ0n) is 10.3. The van der Waals surface area contributed by atoms with Crippen LogP contribution < -0.4 is 0 Å². The SMILES string of the molecule is CCOC(=O)CC(OC(C)C)OC(C)C. The molecule has 4 heteroatoms. The number of hydrogen-bond donors (Lipinski definition) is 0. The molecule has 90 valence electrons. The van der Waals surface area contributed by atoms with Crippen molar-refractivity contribution in [2.24, 2.45) is 0 Å². The molecule has 0 saturated carbocycles.